The van der Waals surface area contributed by atoms with Crippen LogP contribution in [-0.2, 0) is 4.74 Å². The Morgan fingerprint density at radius 2 is 2.22 bits per heavy atom. The van der Waals surface area contributed by atoms with E-state index < -0.39 is 5.12 Å². The van der Waals surface area contributed by atoms with Crippen molar-refractivity contribution in [2.24, 2.45) is 5.73 Å². The minimum atomic E-state index is -0.806. The van der Waals surface area contributed by atoms with Crippen molar-refractivity contribution in [2.45, 2.75) is 11.2 Å². The summed E-state index contributed by atoms with van der Waals surface area (Å²) in [6, 6.07) is 0. The number of nitrogens with two attached hydrogens (primary N) is 1. The van der Waals surface area contributed by atoms with E-state index in [4.69, 9.17) is 22.1 Å². The maximum Gasteiger partial charge on any atom is 0.175 e. The number of epoxide rings is 1. The molecule has 1 aliphatic heterocycles. The molecule has 1 fully saturated rings. The molecule has 54 valence electrons. The van der Waals surface area contributed by atoms with E-state index in [9.17, 15) is 0 Å². The first-order valence-corrected chi connectivity index (χ1v) is 3.19. The molecule has 9 heavy (non-hydrogen) atoms. The van der Waals surface area contributed by atoms with Crippen molar-refractivity contribution in [3.05, 3.63) is 0 Å². The molecular formula is C5H11ClN2O. The zero-order valence-electron chi connectivity index (χ0n) is 5.60. The van der Waals surface area contributed by atoms with Gasteiger partial charge in [0.15, 0.2) is 5.12 Å². The lowest BCUT2D eigenvalue weighted by molar-refractivity contribution is 0.196. The van der Waals surface area contributed by atoms with Crippen LogP contribution in [0.2, 0.25) is 0 Å². The fraction of sp³-hybridized carbons (Fsp3) is 1.00. The molecule has 1 heterocycles. The molecule has 0 radical (unpaired) electrons. The minimum Gasteiger partial charge on any atom is -0.368 e. The van der Waals surface area contributed by atoms with Gasteiger partial charge in [-0.2, -0.15) is 0 Å². The topological polar surface area (TPSA) is 41.8 Å². The first-order chi connectivity index (χ1) is 4.05. The quantitative estimate of drug-likeness (QED) is 0.257. The third kappa shape index (κ3) is 1.35. The highest BCUT2D eigenvalue weighted by atomic mass is 35.5. The average Bonchev–Trinajstić information content (AvgIpc) is 2.42. The molecule has 0 amide bonds. The maximum atomic E-state index is 5.85. The number of likely N-dealkylation sites (N-methyl/N-ethyl adjacent to an activating group) is 1. The van der Waals surface area contributed by atoms with Gasteiger partial charge >= 0.3 is 0 Å². The Morgan fingerprint density at radius 1 is 1.78 bits per heavy atom. The summed E-state index contributed by atoms with van der Waals surface area (Å²) >= 11 is 5.85. The Hall–Kier alpha value is 0.170. The van der Waals surface area contributed by atoms with E-state index in [1.807, 2.05) is 14.1 Å². The first kappa shape index (κ1) is 7.28. The third-order valence-corrected chi connectivity index (χ3v) is 2.05. The number of alkyl halides is 1. The zero-order chi connectivity index (χ0) is 7.07. The van der Waals surface area contributed by atoms with Gasteiger partial charge < -0.3 is 4.74 Å². The molecule has 4 heteroatoms. The lowest BCUT2D eigenvalue weighted by Crippen LogP contribution is -2.52. The van der Waals surface area contributed by atoms with Crippen molar-refractivity contribution in [3.63, 3.8) is 0 Å². The van der Waals surface area contributed by atoms with Crippen LogP contribution in [0.3, 0.4) is 0 Å². The van der Waals surface area contributed by atoms with Crippen LogP contribution in [0.15, 0.2) is 0 Å². The summed E-state index contributed by atoms with van der Waals surface area (Å²) in [5.74, 6) is 0. The Morgan fingerprint density at radius 3 is 2.33 bits per heavy atom. The van der Waals surface area contributed by atoms with E-state index in [2.05, 4.69) is 0 Å². The second kappa shape index (κ2) is 2.09. The number of rotatable bonds is 2. The molecule has 0 aromatic rings. The van der Waals surface area contributed by atoms with Gasteiger partial charge in [-0.15, -0.1) is 0 Å². The van der Waals surface area contributed by atoms with Gasteiger partial charge in [-0.25, -0.2) is 0 Å². The number of hydrogen-bond acceptors (Lipinski definition) is 3. The monoisotopic (exact) mass is 150 g/mol. The van der Waals surface area contributed by atoms with Crippen LogP contribution in [0.4, 0.5) is 0 Å². The van der Waals surface area contributed by atoms with E-state index in [1.54, 1.807) is 4.90 Å². The van der Waals surface area contributed by atoms with Crippen molar-refractivity contribution in [1.29, 1.82) is 0 Å². The summed E-state index contributed by atoms with van der Waals surface area (Å²) in [6.45, 7) is 0.679. The molecule has 0 saturated carbocycles. The molecule has 0 spiro atoms. The van der Waals surface area contributed by atoms with E-state index in [0.717, 1.165) is 0 Å². The Kier molecular flexibility index (Phi) is 1.69. The van der Waals surface area contributed by atoms with E-state index in [1.165, 1.54) is 0 Å². The second-order valence-electron chi connectivity index (χ2n) is 2.44. The van der Waals surface area contributed by atoms with E-state index in [0.29, 0.717) is 6.61 Å². The van der Waals surface area contributed by atoms with Gasteiger partial charge in [-0.3, -0.25) is 10.6 Å². The van der Waals surface area contributed by atoms with Crippen molar-refractivity contribution in [3.8, 4) is 0 Å². The summed E-state index contributed by atoms with van der Waals surface area (Å²) in [6.07, 6.45) is 0.00849. The Labute approximate surface area is 59.7 Å². The smallest absolute Gasteiger partial charge is 0.175 e. The molecular weight excluding hydrogens is 140 g/mol. The standard InChI is InChI=1S/C5H11ClN2O/c1-8(2)5(6,7)4-3-9-4/h4H,3,7H2,1-2H3. The van der Waals surface area contributed by atoms with Crippen LogP contribution in [-0.4, -0.2) is 36.8 Å². The molecule has 2 N–H and O–H groups in total. The highest BCUT2D eigenvalue weighted by molar-refractivity contribution is 6.23. The minimum absolute atomic E-state index is 0.00849. The maximum absolute atomic E-state index is 5.85. The lowest BCUT2D eigenvalue weighted by atomic mass is 10.3. The highest BCUT2D eigenvalue weighted by Crippen LogP contribution is 2.27. The Bertz CT molecular complexity index is 108. The van der Waals surface area contributed by atoms with Crippen LogP contribution < -0.4 is 5.73 Å². The van der Waals surface area contributed by atoms with Crippen molar-refractivity contribution >= 4 is 11.6 Å². The van der Waals surface area contributed by atoms with Gasteiger partial charge in [0.25, 0.3) is 0 Å². The summed E-state index contributed by atoms with van der Waals surface area (Å²) in [5, 5.41) is -0.806. The normalized spacial score (nSPS) is 32.3. The van der Waals surface area contributed by atoms with Crippen molar-refractivity contribution in [1.82, 2.24) is 4.90 Å². The zero-order valence-corrected chi connectivity index (χ0v) is 6.35. The summed E-state index contributed by atoms with van der Waals surface area (Å²) in [5.41, 5.74) is 5.63. The fourth-order valence-corrected chi connectivity index (χ4v) is 0.696. The SMILES string of the molecule is CN(C)C(N)(Cl)C1CO1. The highest BCUT2D eigenvalue weighted by Gasteiger charge is 2.44. The Balaban J connectivity index is 2.48. The molecule has 0 aromatic carbocycles. The third-order valence-electron chi connectivity index (χ3n) is 1.47. The van der Waals surface area contributed by atoms with Gasteiger partial charge in [0.2, 0.25) is 0 Å². The molecule has 1 saturated heterocycles. The van der Waals surface area contributed by atoms with Crippen LogP contribution >= 0.6 is 11.6 Å². The second-order valence-corrected chi connectivity index (χ2v) is 3.05. The van der Waals surface area contributed by atoms with E-state index >= 15 is 0 Å². The van der Waals surface area contributed by atoms with Crippen LogP contribution in [0.25, 0.3) is 0 Å². The van der Waals surface area contributed by atoms with Crippen molar-refractivity contribution < 1.29 is 4.74 Å². The lowest BCUT2D eigenvalue weighted by Gasteiger charge is -2.27. The van der Waals surface area contributed by atoms with Gasteiger partial charge in [-0.05, 0) is 14.1 Å². The summed E-state index contributed by atoms with van der Waals surface area (Å²) in [4.78, 5) is 1.74. The van der Waals surface area contributed by atoms with Gasteiger partial charge in [-0.1, -0.05) is 11.6 Å². The van der Waals surface area contributed by atoms with Gasteiger partial charge in [0.1, 0.15) is 6.10 Å². The first-order valence-electron chi connectivity index (χ1n) is 2.82. The molecule has 2 unspecified atom stereocenters. The summed E-state index contributed by atoms with van der Waals surface area (Å²) < 4.78 is 4.94. The van der Waals surface area contributed by atoms with Crippen LogP contribution in [0, 0.1) is 0 Å². The van der Waals surface area contributed by atoms with Crippen LogP contribution in [0.5, 0.6) is 0 Å². The summed E-state index contributed by atoms with van der Waals surface area (Å²) in [7, 11) is 3.66. The molecule has 3 nitrogen and oxygen atoms in total. The number of ether oxygens (including phenoxy) is 1. The predicted molar refractivity (Wildman–Crippen MR) is 36.2 cm³/mol. The molecule has 1 aliphatic rings. The molecule has 2 atom stereocenters. The van der Waals surface area contributed by atoms with Crippen LogP contribution in [0.1, 0.15) is 0 Å². The van der Waals surface area contributed by atoms with Gasteiger partial charge in [0.05, 0.1) is 6.61 Å². The predicted octanol–water partition coefficient (Wildman–Crippen LogP) is -0.202. The van der Waals surface area contributed by atoms with Crippen molar-refractivity contribution in [2.75, 3.05) is 20.7 Å². The largest absolute Gasteiger partial charge is 0.368 e. The number of hydrogen-bond donors (Lipinski definition) is 1. The molecule has 0 bridgehead atoms. The molecule has 0 aliphatic carbocycles. The average molecular weight is 151 g/mol. The number of halogens is 1. The van der Waals surface area contributed by atoms with E-state index in [-0.39, 0.29) is 6.10 Å². The molecule has 1 rings (SSSR count). The fourth-order valence-electron chi connectivity index (χ4n) is 0.570. The van der Waals surface area contributed by atoms with Gasteiger partial charge in [0, 0.05) is 0 Å². The number of nitrogens with zero attached hydrogens (tertiary/aromatic N) is 1. The molecule has 0 aromatic heterocycles.